The van der Waals surface area contributed by atoms with Crippen LogP contribution in [0.4, 0.5) is 4.39 Å². The SMILES string of the molecule is CC(C)CC(=O)NN=Cc1c(F)cccc1Cl. The molecule has 0 radical (unpaired) electrons. The highest BCUT2D eigenvalue weighted by molar-refractivity contribution is 6.33. The lowest BCUT2D eigenvalue weighted by Crippen LogP contribution is -2.19. The number of nitrogens with one attached hydrogen (secondary N) is 1. The van der Waals surface area contributed by atoms with Crippen molar-refractivity contribution in [2.75, 3.05) is 0 Å². The molecule has 0 saturated heterocycles. The summed E-state index contributed by atoms with van der Waals surface area (Å²) in [5.74, 6) is -0.426. The highest BCUT2D eigenvalue weighted by atomic mass is 35.5. The number of carbonyl (C=O) groups excluding carboxylic acids is 1. The average molecular weight is 257 g/mol. The van der Waals surface area contributed by atoms with Crippen molar-refractivity contribution in [3.63, 3.8) is 0 Å². The normalized spacial score (nSPS) is 11.1. The number of hydrogen-bond acceptors (Lipinski definition) is 2. The second-order valence-electron chi connectivity index (χ2n) is 4.03. The van der Waals surface area contributed by atoms with Gasteiger partial charge in [0.25, 0.3) is 0 Å². The molecule has 1 amide bonds. The molecule has 5 heteroatoms. The molecule has 17 heavy (non-hydrogen) atoms. The van der Waals surface area contributed by atoms with E-state index in [1.165, 1.54) is 18.3 Å². The number of hydrogen-bond donors (Lipinski definition) is 1. The first kappa shape index (κ1) is 13.6. The van der Waals surface area contributed by atoms with E-state index in [0.717, 1.165) is 0 Å². The molecular weight excluding hydrogens is 243 g/mol. The molecule has 0 aliphatic carbocycles. The fourth-order valence-corrected chi connectivity index (χ4v) is 1.43. The molecule has 0 atom stereocenters. The van der Waals surface area contributed by atoms with Gasteiger partial charge in [0, 0.05) is 12.0 Å². The van der Waals surface area contributed by atoms with Crippen LogP contribution in [0.15, 0.2) is 23.3 Å². The first-order chi connectivity index (χ1) is 8.00. The molecule has 0 fully saturated rings. The molecular formula is C12H14ClFN2O. The average Bonchev–Trinajstić information content (AvgIpc) is 2.21. The lowest BCUT2D eigenvalue weighted by atomic mass is 10.1. The van der Waals surface area contributed by atoms with Gasteiger partial charge in [-0.15, -0.1) is 0 Å². The molecule has 0 spiro atoms. The Kier molecular flexibility index (Phi) is 5.10. The zero-order chi connectivity index (χ0) is 12.8. The fraction of sp³-hybridized carbons (Fsp3) is 0.333. The Labute approximate surface area is 105 Å². The zero-order valence-corrected chi connectivity index (χ0v) is 10.5. The summed E-state index contributed by atoms with van der Waals surface area (Å²) < 4.78 is 13.3. The zero-order valence-electron chi connectivity index (χ0n) is 9.71. The largest absolute Gasteiger partial charge is 0.273 e. The number of nitrogens with zero attached hydrogens (tertiary/aromatic N) is 1. The van der Waals surface area contributed by atoms with Crippen LogP contribution in [-0.4, -0.2) is 12.1 Å². The second-order valence-corrected chi connectivity index (χ2v) is 4.43. The van der Waals surface area contributed by atoms with Crippen molar-refractivity contribution >= 4 is 23.7 Å². The Bertz CT molecular complexity index is 412. The van der Waals surface area contributed by atoms with Gasteiger partial charge in [-0.3, -0.25) is 4.79 Å². The third-order valence-corrected chi connectivity index (χ3v) is 2.31. The van der Waals surface area contributed by atoms with Gasteiger partial charge >= 0.3 is 0 Å². The van der Waals surface area contributed by atoms with Crippen molar-refractivity contribution in [1.82, 2.24) is 5.43 Å². The first-order valence-electron chi connectivity index (χ1n) is 5.26. The molecule has 92 valence electrons. The van der Waals surface area contributed by atoms with Crippen molar-refractivity contribution in [1.29, 1.82) is 0 Å². The molecule has 1 aromatic rings. The summed E-state index contributed by atoms with van der Waals surface area (Å²) in [5, 5.41) is 3.92. The van der Waals surface area contributed by atoms with Gasteiger partial charge in [-0.2, -0.15) is 5.10 Å². The standard InChI is InChI=1S/C12H14ClFN2O/c1-8(2)6-12(17)16-15-7-9-10(13)4-3-5-11(9)14/h3-5,7-8H,6H2,1-2H3,(H,16,17). The number of amides is 1. The van der Waals surface area contributed by atoms with E-state index in [4.69, 9.17) is 11.6 Å². The van der Waals surface area contributed by atoms with Gasteiger partial charge in [0.05, 0.1) is 11.2 Å². The molecule has 1 aromatic carbocycles. The minimum Gasteiger partial charge on any atom is -0.273 e. The number of hydrazone groups is 1. The summed E-state index contributed by atoms with van der Waals surface area (Å²) in [7, 11) is 0. The van der Waals surface area contributed by atoms with E-state index in [9.17, 15) is 9.18 Å². The third-order valence-electron chi connectivity index (χ3n) is 1.98. The van der Waals surface area contributed by atoms with E-state index >= 15 is 0 Å². The number of carbonyl (C=O) groups is 1. The van der Waals surface area contributed by atoms with Crippen molar-refractivity contribution in [3.05, 3.63) is 34.6 Å². The van der Waals surface area contributed by atoms with Crippen LogP contribution in [0.1, 0.15) is 25.8 Å². The Morgan fingerprint density at radius 3 is 2.88 bits per heavy atom. The van der Waals surface area contributed by atoms with E-state index in [0.29, 0.717) is 6.42 Å². The van der Waals surface area contributed by atoms with Gasteiger partial charge in [0.15, 0.2) is 0 Å². The highest BCUT2D eigenvalue weighted by Crippen LogP contribution is 2.16. The molecule has 0 aliphatic heterocycles. The van der Waals surface area contributed by atoms with Gasteiger partial charge < -0.3 is 0 Å². The van der Waals surface area contributed by atoms with E-state index in [2.05, 4.69) is 10.5 Å². The van der Waals surface area contributed by atoms with Crippen LogP contribution in [0.5, 0.6) is 0 Å². The number of benzene rings is 1. The molecule has 0 heterocycles. The van der Waals surface area contributed by atoms with Crippen molar-refractivity contribution in [2.24, 2.45) is 11.0 Å². The summed E-state index contributed by atoms with van der Waals surface area (Å²) in [5.41, 5.74) is 2.49. The van der Waals surface area contributed by atoms with E-state index in [1.807, 2.05) is 13.8 Å². The van der Waals surface area contributed by atoms with Crippen LogP contribution in [0.25, 0.3) is 0 Å². The van der Waals surface area contributed by atoms with Gasteiger partial charge in [-0.1, -0.05) is 31.5 Å². The smallest absolute Gasteiger partial charge is 0.240 e. The maximum absolute atomic E-state index is 13.3. The van der Waals surface area contributed by atoms with Crippen molar-refractivity contribution in [3.8, 4) is 0 Å². The lowest BCUT2D eigenvalue weighted by Gasteiger charge is -2.02. The van der Waals surface area contributed by atoms with E-state index < -0.39 is 5.82 Å². The van der Waals surface area contributed by atoms with Crippen molar-refractivity contribution < 1.29 is 9.18 Å². The quantitative estimate of drug-likeness (QED) is 0.653. The van der Waals surface area contributed by atoms with E-state index in [-0.39, 0.29) is 22.4 Å². The summed E-state index contributed by atoms with van der Waals surface area (Å²) in [6.07, 6.45) is 1.58. The van der Waals surface area contributed by atoms with Crippen molar-refractivity contribution in [2.45, 2.75) is 20.3 Å². The Hall–Kier alpha value is -1.42. The molecule has 0 saturated carbocycles. The Morgan fingerprint density at radius 2 is 2.29 bits per heavy atom. The molecule has 0 unspecified atom stereocenters. The van der Waals surface area contributed by atoms with Gasteiger partial charge in [0.2, 0.25) is 5.91 Å². The molecule has 1 rings (SSSR count). The molecule has 0 aliphatic rings. The predicted molar refractivity (Wildman–Crippen MR) is 66.6 cm³/mol. The molecule has 3 nitrogen and oxygen atoms in total. The summed E-state index contributed by atoms with van der Waals surface area (Å²) >= 11 is 5.79. The molecule has 0 aromatic heterocycles. The van der Waals surface area contributed by atoms with Gasteiger partial charge in [0.1, 0.15) is 5.82 Å². The summed E-state index contributed by atoms with van der Waals surface area (Å²) in [6, 6.07) is 4.34. The van der Waals surface area contributed by atoms with Crippen LogP contribution < -0.4 is 5.43 Å². The van der Waals surface area contributed by atoms with Crippen LogP contribution in [-0.2, 0) is 4.79 Å². The Balaban J connectivity index is 2.63. The monoisotopic (exact) mass is 256 g/mol. The first-order valence-corrected chi connectivity index (χ1v) is 5.64. The summed E-state index contributed by atoms with van der Waals surface area (Å²) in [6.45, 7) is 3.86. The molecule has 1 N–H and O–H groups in total. The minimum atomic E-state index is -0.473. The minimum absolute atomic E-state index is 0.166. The van der Waals surface area contributed by atoms with Gasteiger partial charge in [-0.05, 0) is 18.1 Å². The van der Waals surface area contributed by atoms with Crippen LogP contribution in [0.3, 0.4) is 0 Å². The summed E-state index contributed by atoms with van der Waals surface area (Å²) in [4.78, 5) is 11.3. The maximum Gasteiger partial charge on any atom is 0.240 e. The topological polar surface area (TPSA) is 41.5 Å². The lowest BCUT2D eigenvalue weighted by molar-refractivity contribution is -0.121. The van der Waals surface area contributed by atoms with Crippen LogP contribution in [0, 0.1) is 11.7 Å². The maximum atomic E-state index is 13.3. The van der Waals surface area contributed by atoms with Crippen LogP contribution in [0.2, 0.25) is 5.02 Å². The molecule has 0 bridgehead atoms. The van der Waals surface area contributed by atoms with Crippen LogP contribution >= 0.6 is 11.6 Å². The Morgan fingerprint density at radius 1 is 1.59 bits per heavy atom. The number of halogens is 2. The number of rotatable bonds is 4. The third kappa shape index (κ3) is 4.53. The second kappa shape index (κ2) is 6.35. The predicted octanol–water partition coefficient (Wildman–Crippen LogP) is 2.98. The fourth-order valence-electron chi connectivity index (χ4n) is 1.22. The highest BCUT2D eigenvalue weighted by Gasteiger charge is 2.05. The van der Waals surface area contributed by atoms with Gasteiger partial charge in [-0.25, -0.2) is 9.82 Å². The van der Waals surface area contributed by atoms with E-state index in [1.54, 1.807) is 6.07 Å².